The Morgan fingerprint density at radius 3 is 2.18 bits per heavy atom. The average molecular weight is 493 g/mol. The fraction of sp³-hybridized carbons (Fsp3) is 0.190. The lowest BCUT2D eigenvalue weighted by atomic mass is 9.95. The first-order valence-electron chi connectivity index (χ1n) is 9.21. The SMILES string of the molecule is O=C(NCC(F)(F)c1ccc(-c2cncc(F)c2)cc1C(F)(F)F)c1cccnc1C(F)(F)F. The van der Waals surface area contributed by atoms with Gasteiger partial charge in [0.05, 0.1) is 23.9 Å². The maximum Gasteiger partial charge on any atom is 0.434 e. The van der Waals surface area contributed by atoms with Gasteiger partial charge in [-0.1, -0.05) is 12.1 Å². The number of hydrogen-bond donors (Lipinski definition) is 1. The van der Waals surface area contributed by atoms with E-state index >= 15 is 0 Å². The number of aromatic nitrogens is 2. The number of halogens is 9. The molecule has 0 aliphatic heterocycles. The Labute approximate surface area is 185 Å². The molecule has 0 fully saturated rings. The van der Waals surface area contributed by atoms with Crippen LogP contribution in [0.3, 0.4) is 0 Å². The predicted molar refractivity (Wildman–Crippen MR) is 100 cm³/mol. The number of benzene rings is 1. The first kappa shape index (κ1) is 25.0. The molecule has 1 N–H and O–H groups in total. The molecule has 0 atom stereocenters. The highest BCUT2D eigenvalue weighted by Gasteiger charge is 2.43. The topological polar surface area (TPSA) is 54.9 Å². The van der Waals surface area contributed by atoms with Gasteiger partial charge in [0.1, 0.15) is 5.82 Å². The van der Waals surface area contributed by atoms with Crippen molar-refractivity contribution in [1.29, 1.82) is 0 Å². The number of carbonyl (C=O) groups excluding carboxylic acids is 1. The molecule has 3 aromatic rings. The summed E-state index contributed by atoms with van der Waals surface area (Å²) in [6.07, 6.45) is -7.78. The number of pyridine rings is 2. The summed E-state index contributed by atoms with van der Waals surface area (Å²) in [6.45, 7) is -1.73. The number of carbonyl (C=O) groups is 1. The molecule has 0 saturated heterocycles. The minimum absolute atomic E-state index is 0.107. The third-order valence-corrected chi connectivity index (χ3v) is 4.55. The fourth-order valence-corrected chi connectivity index (χ4v) is 3.04. The van der Waals surface area contributed by atoms with Gasteiger partial charge in [-0.05, 0) is 29.8 Å². The zero-order chi connectivity index (χ0) is 25.3. The summed E-state index contributed by atoms with van der Waals surface area (Å²) in [5.41, 5.74) is -6.38. The van der Waals surface area contributed by atoms with Crippen LogP contribution in [0, 0.1) is 5.82 Å². The van der Waals surface area contributed by atoms with Gasteiger partial charge in [-0.25, -0.2) is 4.39 Å². The fourth-order valence-electron chi connectivity index (χ4n) is 3.04. The minimum Gasteiger partial charge on any atom is -0.346 e. The summed E-state index contributed by atoms with van der Waals surface area (Å²) >= 11 is 0. The van der Waals surface area contributed by atoms with Gasteiger partial charge in [0.2, 0.25) is 0 Å². The molecule has 0 radical (unpaired) electrons. The normalized spacial score (nSPS) is 12.5. The molecule has 2 heterocycles. The molecule has 0 bridgehead atoms. The van der Waals surface area contributed by atoms with E-state index in [0.29, 0.717) is 18.2 Å². The van der Waals surface area contributed by atoms with Gasteiger partial charge in [-0.3, -0.25) is 14.8 Å². The Morgan fingerprint density at radius 2 is 1.56 bits per heavy atom. The van der Waals surface area contributed by atoms with Crippen LogP contribution in [0.4, 0.5) is 39.5 Å². The van der Waals surface area contributed by atoms with Crippen molar-refractivity contribution in [1.82, 2.24) is 15.3 Å². The Bertz CT molecular complexity index is 1210. The van der Waals surface area contributed by atoms with Crippen molar-refractivity contribution in [3.05, 3.63) is 83.2 Å². The molecule has 0 aliphatic carbocycles. The average Bonchev–Trinajstić information content (AvgIpc) is 2.76. The van der Waals surface area contributed by atoms with Crippen LogP contribution >= 0.6 is 0 Å². The van der Waals surface area contributed by atoms with Crippen LogP contribution < -0.4 is 5.32 Å². The van der Waals surface area contributed by atoms with Gasteiger partial charge < -0.3 is 5.32 Å². The molecule has 1 amide bonds. The first-order valence-corrected chi connectivity index (χ1v) is 9.21. The van der Waals surface area contributed by atoms with Crippen LogP contribution in [0.5, 0.6) is 0 Å². The van der Waals surface area contributed by atoms with E-state index in [4.69, 9.17) is 0 Å². The quantitative estimate of drug-likeness (QED) is 0.455. The molecule has 3 rings (SSSR count). The molecule has 13 heteroatoms. The van der Waals surface area contributed by atoms with Gasteiger partial charge in [-0.2, -0.15) is 35.1 Å². The van der Waals surface area contributed by atoms with E-state index in [1.807, 2.05) is 0 Å². The molecule has 34 heavy (non-hydrogen) atoms. The number of alkyl halides is 8. The number of amides is 1. The molecular formula is C21H12F9N3O. The lowest BCUT2D eigenvalue weighted by Crippen LogP contribution is -2.37. The molecular weight excluding hydrogens is 481 g/mol. The van der Waals surface area contributed by atoms with Gasteiger partial charge in [0.25, 0.3) is 11.8 Å². The monoisotopic (exact) mass is 493 g/mol. The molecule has 2 aromatic heterocycles. The third-order valence-electron chi connectivity index (χ3n) is 4.55. The van der Waals surface area contributed by atoms with E-state index in [1.165, 1.54) is 5.32 Å². The number of hydrogen-bond acceptors (Lipinski definition) is 3. The van der Waals surface area contributed by atoms with E-state index in [1.54, 1.807) is 0 Å². The Kier molecular flexibility index (Phi) is 6.58. The number of rotatable bonds is 5. The zero-order valence-electron chi connectivity index (χ0n) is 16.6. The lowest BCUT2D eigenvalue weighted by molar-refractivity contribution is -0.142. The highest BCUT2D eigenvalue weighted by Crippen LogP contribution is 2.41. The summed E-state index contributed by atoms with van der Waals surface area (Å²) in [7, 11) is 0. The van der Waals surface area contributed by atoms with Gasteiger partial charge in [0, 0.05) is 23.5 Å². The number of nitrogens with zero attached hydrogens (tertiary/aromatic N) is 2. The zero-order valence-corrected chi connectivity index (χ0v) is 16.6. The summed E-state index contributed by atoms with van der Waals surface area (Å²) in [5.74, 6) is -6.80. The van der Waals surface area contributed by atoms with Crippen molar-refractivity contribution >= 4 is 5.91 Å². The summed E-state index contributed by atoms with van der Waals surface area (Å²) in [4.78, 5) is 18.6. The standard InChI is InChI=1S/C21H12F9N3O/c22-13-6-12(8-31-9-13)11-3-4-15(16(7-11)20(25,26)27)19(23,24)10-33-18(34)14-2-1-5-32-17(14)21(28,29)30/h1-9H,10H2,(H,33,34). The van der Waals surface area contributed by atoms with Crippen molar-refractivity contribution in [2.75, 3.05) is 6.54 Å². The number of nitrogens with one attached hydrogen (secondary N) is 1. The molecule has 0 spiro atoms. The van der Waals surface area contributed by atoms with Crippen LogP contribution in [-0.4, -0.2) is 22.4 Å². The third kappa shape index (κ3) is 5.46. The molecule has 180 valence electrons. The second kappa shape index (κ2) is 8.95. The van der Waals surface area contributed by atoms with Crippen LogP contribution in [0.2, 0.25) is 0 Å². The van der Waals surface area contributed by atoms with Crippen LogP contribution in [-0.2, 0) is 18.3 Å². The highest BCUT2D eigenvalue weighted by molar-refractivity contribution is 5.95. The minimum atomic E-state index is -5.27. The Balaban J connectivity index is 1.92. The lowest BCUT2D eigenvalue weighted by Gasteiger charge is -2.23. The van der Waals surface area contributed by atoms with Gasteiger partial charge in [-0.15, -0.1) is 0 Å². The summed E-state index contributed by atoms with van der Waals surface area (Å²) < 4.78 is 122. The molecule has 0 saturated carbocycles. The Hall–Kier alpha value is -3.64. The largest absolute Gasteiger partial charge is 0.434 e. The second-order valence-electron chi connectivity index (χ2n) is 6.93. The van der Waals surface area contributed by atoms with Crippen molar-refractivity contribution in [3.8, 4) is 11.1 Å². The van der Waals surface area contributed by atoms with Gasteiger partial charge >= 0.3 is 12.4 Å². The molecule has 0 unspecified atom stereocenters. The van der Waals surface area contributed by atoms with Crippen molar-refractivity contribution in [3.63, 3.8) is 0 Å². The van der Waals surface area contributed by atoms with E-state index < -0.39 is 58.9 Å². The van der Waals surface area contributed by atoms with E-state index in [9.17, 15) is 44.3 Å². The van der Waals surface area contributed by atoms with Gasteiger partial charge in [0.15, 0.2) is 5.69 Å². The van der Waals surface area contributed by atoms with Crippen LogP contribution in [0.15, 0.2) is 55.0 Å². The predicted octanol–water partition coefficient (Wildman–Crippen LogP) is 5.84. The maximum atomic E-state index is 14.7. The van der Waals surface area contributed by atoms with Crippen molar-refractivity contribution in [2.24, 2.45) is 0 Å². The maximum absolute atomic E-state index is 14.7. The van der Waals surface area contributed by atoms with Crippen LogP contribution in [0.1, 0.15) is 27.2 Å². The van der Waals surface area contributed by atoms with Crippen LogP contribution in [0.25, 0.3) is 11.1 Å². The summed E-state index contributed by atoms with van der Waals surface area (Å²) in [6, 6.07) is 4.19. The summed E-state index contributed by atoms with van der Waals surface area (Å²) in [5, 5.41) is 1.53. The molecule has 4 nitrogen and oxygen atoms in total. The smallest absolute Gasteiger partial charge is 0.346 e. The highest BCUT2D eigenvalue weighted by atomic mass is 19.4. The van der Waals surface area contributed by atoms with E-state index in [0.717, 1.165) is 36.8 Å². The first-order chi connectivity index (χ1) is 15.7. The van der Waals surface area contributed by atoms with E-state index in [-0.39, 0.29) is 11.1 Å². The molecule has 1 aromatic carbocycles. The van der Waals surface area contributed by atoms with Crippen molar-refractivity contribution in [2.45, 2.75) is 18.3 Å². The second-order valence-corrected chi connectivity index (χ2v) is 6.93. The van der Waals surface area contributed by atoms with E-state index in [2.05, 4.69) is 9.97 Å². The molecule has 0 aliphatic rings. The van der Waals surface area contributed by atoms with Crippen molar-refractivity contribution < 1.29 is 44.3 Å². The Morgan fingerprint density at radius 1 is 0.853 bits per heavy atom.